The predicted octanol–water partition coefficient (Wildman–Crippen LogP) is -0.202. The number of aromatic nitrogens is 5. The van der Waals surface area contributed by atoms with Gasteiger partial charge in [-0.2, -0.15) is 4.52 Å². The second-order valence-electron chi connectivity index (χ2n) is 3.96. The van der Waals surface area contributed by atoms with E-state index in [1.54, 1.807) is 31.3 Å². The fraction of sp³-hybridized carbons (Fsp3) is 0.500. The third kappa shape index (κ3) is 2.22. The summed E-state index contributed by atoms with van der Waals surface area (Å²) in [5.74, 6) is 0.588. The Labute approximate surface area is 104 Å². The Kier molecular flexibility index (Phi) is 3.35. The first kappa shape index (κ1) is 12.2. The van der Waals surface area contributed by atoms with Crippen LogP contribution in [-0.2, 0) is 4.79 Å². The summed E-state index contributed by atoms with van der Waals surface area (Å²) in [7, 11) is 1.76. The summed E-state index contributed by atoms with van der Waals surface area (Å²) < 4.78 is 1.50. The van der Waals surface area contributed by atoms with Crippen molar-refractivity contribution in [2.45, 2.75) is 19.9 Å². The molecule has 0 fully saturated rings. The zero-order valence-corrected chi connectivity index (χ0v) is 10.5. The standard InChI is InChI=1S/C10H15N7O/c1-4-16(3)10(18)7(2)12-8-5-11-6-9-13-14-15-17(8)9/h5-7,12H,4H2,1-3H3. The number of fused-ring (bicyclic) bond motifs is 1. The molecule has 2 aromatic heterocycles. The lowest BCUT2D eigenvalue weighted by Gasteiger charge is -2.21. The number of amides is 1. The van der Waals surface area contributed by atoms with Crippen molar-refractivity contribution in [3.05, 3.63) is 12.4 Å². The third-order valence-corrected chi connectivity index (χ3v) is 2.69. The summed E-state index contributed by atoms with van der Waals surface area (Å²) in [4.78, 5) is 17.6. The molecule has 0 saturated heterocycles. The van der Waals surface area contributed by atoms with Gasteiger partial charge >= 0.3 is 0 Å². The third-order valence-electron chi connectivity index (χ3n) is 2.69. The van der Waals surface area contributed by atoms with Gasteiger partial charge in [-0.15, -0.1) is 5.10 Å². The molecular formula is C10H15N7O. The van der Waals surface area contributed by atoms with Gasteiger partial charge in [0.25, 0.3) is 0 Å². The number of hydrogen-bond donors (Lipinski definition) is 1. The van der Waals surface area contributed by atoms with Crippen LogP contribution in [0.3, 0.4) is 0 Å². The van der Waals surface area contributed by atoms with Crippen molar-refractivity contribution in [1.82, 2.24) is 29.9 Å². The van der Waals surface area contributed by atoms with Crippen molar-refractivity contribution in [3.63, 3.8) is 0 Å². The lowest BCUT2D eigenvalue weighted by Crippen LogP contribution is -2.39. The predicted molar refractivity (Wildman–Crippen MR) is 65.0 cm³/mol. The Morgan fingerprint density at radius 1 is 1.56 bits per heavy atom. The minimum atomic E-state index is -0.369. The van der Waals surface area contributed by atoms with E-state index >= 15 is 0 Å². The molecule has 96 valence electrons. The van der Waals surface area contributed by atoms with Crippen molar-refractivity contribution in [2.75, 3.05) is 18.9 Å². The zero-order chi connectivity index (χ0) is 13.1. The minimum Gasteiger partial charge on any atom is -0.357 e. The Morgan fingerprint density at radius 2 is 2.33 bits per heavy atom. The van der Waals surface area contributed by atoms with E-state index in [1.165, 1.54) is 4.52 Å². The van der Waals surface area contributed by atoms with Crippen LogP contribution in [-0.4, -0.2) is 55.5 Å². The summed E-state index contributed by atoms with van der Waals surface area (Å²) in [5, 5.41) is 14.2. The summed E-state index contributed by atoms with van der Waals surface area (Å²) >= 11 is 0. The Morgan fingerprint density at radius 3 is 3.06 bits per heavy atom. The van der Waals surface area contributed by atoms with Gasteiger partial charge in [-0.3, -0.25) is 9.78 Å². The number of nitrogens with zero attached hydrogens (tertiary/aromatic N) is 6. The average molecular weight is 249 g/mol. The molecule has 1 atom stereocenters. The van der Waals surface area contributed by atoms with Crippen molar-refractivity contribution in [3.8, 4) is 0 Å². The first-order valence-electron chi connectivity index (χ1n) is 5.67. The van der Waals surface area contributed by atoms with Gasteiger partial charge in [0, 0.05) is 13.6 Å². The Hall–Kier alpha value is -2.25. The largest absolute Gasteiger partial charge is 0.357 e. The molecule has 1 N–H and O–H groups in total. The summed E-state index contributed by atoms with van der Waals surface area (Å²) in [6.07, 6.45) is 3.13. The van der Waals surface area contributed by atoms with Gasteiger partial charge < -0.3 is 10.2 Å². The monoisotopic (exact) mass is 249 g/mol. The van der Waals surface area contributed by atoms with Crippen molar-refractivity contribution in [1.29, 1.82) is 0 Å². The quantitative estimate of drug-likeness (QED) is 0.807. The first-order chi connectivity index (χ1) is 8.63. The molecule has 8 heteroatoms. The second kappa shape index (κ2) is 4.94. The van der Waals surface area contributed by atoms with Crippen molar-refractivity contribution >= 4 is 17.4 Å². The molecule has 2 heterocycles. The Balaban J connectivity index is 2.18. The molecule has 0 bridgehead atoms. The summed E-state index contributed by atoms with van der Waals surface area (Å²) in [5.41, 5.74) is 0.531. The van der Waals surface area contributed by atoms with Crippen molar-refractivity contribution in [2.24, 2.45) is 0 Å². The highest BCUT2D eigenvalue weighted by Crippen LogP contribution is 2.08. The molecule has 2 rings (SSSR count). The number of carbonyl (C=O) groups is 1. The normalized spacial score (nSPS) is 12.4. The van der Waals surface area contributed by atoms with E-state index < -0.39 is 0 Å². The van der Waals surface area contributed by atoms with Gasteiger partial charge in [-0.25, -0.2) is 0 Å². The van der Waals surface area contributed by atoms with E-state index in [-0.39, 0.29) is 11.9 Å². The van der Waals surface area contributed by atoms with Gasteiger partial charge in [-0.05, 0) is 24.3 Å². The molecule has 1 amide bonds. The second-order valence-corrected chi connectivity index (χ2v) is 3.96. The highest BCUT2D eigenvalue weighted by atomic mass is 16.2. The maximum absolute atomic E-state index is 11.9. The van der Waals surface area contributed by atoms with Gasteiger partial charge in [0.2, 0.25) is 5.91 Å². The highest BCUT2D eigenvalue weighted by Gasteiger charge is 2.17. The van der Waals surface area contributed by atoms with Gasteiger partial charge in [0.15, 0.2) is 11.5 Å². The number of carbonyl (C=O) groups excluding carboxylic acids is 1. The van der Waals surface area contributed by atoms with Crippen LogP contribution < -0.4 is 5.32 Å². The van der Waals surface area contributed by atoms with E-state index in [1.807, 2.05) is 6.92 Å². The zero-order valence-electron chi connectivity index (χ0n) is 10.5. The lowest BCUT2D eigenvalue weighted by atomic mass is 10.3. The average Bonchev–Trinajstić information content (AvgIpc) is 2.86. The van der Waals surface area contributed by atoms with E-state index in [4.69, 9.17) is 0 Å². The van der Waals surface area contributed by atoms with Crippen LogP contribution >= 0.6 is 0 Å². The molecule has 0 aromatic carbocycles. The van der Waals surface area contributed by atoms with Crippen LogP contribution in [0.2, 0.25) is 0 Å². The highest BCUT2D eigenvalue weighted by molar-refractivity contribution is 5.83. The molecular weight excluding hydrogens is 234 g/mol. The Bertz CT molecular complexity index is 552. The maximum atomic E-state index is 11.9. The molecule has 1 unspecified atom stereocenters. The number of anilines is 1. The van der Waals surface area contributed by atoms with Gasteiger partial charge in [0.05, 0.1) is 12.4 Å². The summed E-state index contributed by atoms with van der Waals surface area (Å²) in [6, 6.07) is -0.369. The molecule has 0 spiro atoms. The van der Waals surface area contributed by atoms with Crippen molar-refractivity contribution < 1.29 is 4.79 Å². The topological polar surface area (TPSA) is 88.3 Å². The molecule has 2 aromatic rings. The van der Waals surface area contributed by atoms with Crippen LogP contribution in [0.4, 0.5) is 5.82 Å². The van der Waals surface area contributed by atoms with Crippen LogP contribution in [0.1, 0.15) is 13.8 Å². The van der Waals surface area contributed by atoms with Gasteiger partial charge in [0.1, 0.15) is 6.04 Å². The smallest absolute Gasteiger partial charge is 0.244 e. The van der Waals surface area contributed by atoms with Crippen LogP contribution in [0.25, 0.3) is 5.65 Å². The fourth-order valence-electron chi connectivity index (χ4n) is 1.54. The summed E-state index contributed by atoms with van der Waals surface area (Å²) in [6.45, 7) is 4.38. The van der Waals surface area contributed by atoms with E-state index in [0.717, 1.165) is 0 Å². The molecule has 8 nitrogen and oxygen atoms in total. The SMILES string of the molecule is CCN(C)C(=O)C(C)Nc1cncc2nnnn12. The number of likely N-dealkylation sites (N-methyl/N-ethyl adjacent to an activating group) is 1. The van der Waals surface area contributed by atoms with Crippen LogP contribution in [0, 0.1) is 0 Å². The van der Waals surface area contributed by atoms with Crippen LogP contribution in [0.15, 0.2) is 12.4 Å². The molecule has 0 radical (unpaired) electrons. The number of nitrogens with one attached hydrogen (secondary N) is 1. The number of rotatable bonds is 4. The van der Waals surface area contributed by atoms with E-state index in [2.05, 4.69) is 25.8 Å². The van der Waals surface area contributed by atoms with Gasteiger partial charge in [-0.1, -0.05) is 0 Å². The molecule has 0 saturated carbocycles. The molecule has 0 aliphatic heterocycles. The molecule has 0 aliphatic rings. The minimum absolute atomic E-state index is 0.00239. The molecule has 0 aliphatic carbocycles. The first-order valence-corrected chi connectivity index (χ1v) is 5.67. The van der Waals surface area contributed by atoms with E-state index in [9.17, 15) is 4.79 Å². The van der Waals surface area contributed by atoms with Crippen LogP contribution in [0.5, 0.6) is 0 Å². The lowest BCUT2D eigenvalue weighted by molar-refractivity contribution is -0.130. The number of hydrogen-bond acceptors (Lipinski definition) is 6. The number of tetrazole rings is 1. The fourth-order valence-corrected chi connectivity index (χ4v) is 1.54. The maximum Gasteiger partial charge on any atom is 0.244 e. The van der Waals surface area contributed by atoms with E-state index in [0.29, 0.717) is 18.0 Å². The molecule has 18 heavy (non-hydrogen) atoms.